The number of ether oxygens (including phenoxy) is 1. The molecule has 1 aromatic rings. The molecule has 0 spiro atoms. The van der Waals surface area contributed by atoms with Gasteiger partial charge in [-0.15, -0.1) is 0 Å². The molecule has 36 heavy (non-hydrogen) atoms. The third-order valence-corrected chi connectivity index (χ3v) is 7.68. The fourth-order valence-corrected chi connectivity index (χ4v) is 5.79. The average molecular weight is 501 g/mol. The van der Waals surface area contributed by atoms with E-state index in [0.29, 0.717) is 62.4 Å². The Balaban J connectivity index is 1.36. The summed E-state index contributed by atoms with van der Waals surface area (Å²) < 4.78 is 6.19. The molecule has 2 aliphatic rings. The predicted octanol–water partition coefficient (Wildman–Crippen LogP) is 4.13. The first-order valence-electron chi connectivity index (χ1n) is 13.9. The Labute approximate surface area is 216 Å². The number of ketones is 1. The smallest absolute Gasteiger partial charge is 0.253 e. The van der Waals surface area contributed by atoms with Gasteiger partial charge in [-0.25, -0.2) is 0 Å². The summed E-state index contributed by atoms with van der Waals surface area (Å²) in [6.45, 7) is 3.65. The zero-order chi connectivity index (χ0) is 25.8. The monoisotopic (exact) mass is 500 g/mol. The van der Waals surface area contributed by atoms with Crippen LogP contribution in [-0.2, 0) is 14.3 Å². The number of carbonyl (C=O) groups excluding carboxylic acids is 3. The second-order valence-corrected chi connectivity index (χ2v) is 10.3. The van der Waals surface area contributed by atoms with E-state index in [4.69, 9.17) is 9.84 Å². The van der Waals surface area contributed by atoms with Crippen molar-refractivity contribution >= 4 is 17.6 Å². The van der Waals surface area contributed by atoms with Crippen LogP contribution >= 0.6 is 0 Å². The van der Waals surface area contributed by atoms with Gasteiger partial charge in [-0.1, -0.05) is 44.4 Å². The number of carbonyl (C=O) groups is 3. The maximum absolute atomic E-state index is 12.8. The number of hydrogen-bond acceptors (Lipinski definition) is 5. The van der Waals surface area contributed by atoms with Crippen LogP contribution in [0.25, 0.3) is 0 Å². The molecule has 0 aliphatic carbocycles. The summed E-state index contributed by atoms with van der Waals surface area (Å²) in [7, 11) is 0. The largest absolute Gasteiger partial charge is 0.389 e. The fourth-order valence-electron chi connectivity index (χ4n) is 5.79. The molecule has 2 saturated heterocycles. The lowest BCUT2D eigenvalue weighted by Gasteiger charge is -2.28. The van der Waals surface area contributed by atoms with Crippen molar-refractivity contribution in [2.24, 2.45) is 11.8 Å². The van der Waals surface area contributed by atoms with Crippen molar-refractivity contribution in [2.75, 3.05) is 26.2 Å². The van der Waals surface area contributed by atoms with Crippen LogP contribution in [0.15, 0.2) is 30.3 Å². The lowest BCUT2D eigenvalue weighted by atomic mass is 9.76. The minimum Gasteiger partial charge on any atom is -0.389 e. The molecule has 0 aromatic heterocycles. The summed E-state index contributed by atoms with van der Waals surface area (Å²) in [5, 5.41) is 12.0. The predicted molar refractivity (Wildman–Crippen MR) is 140 cm³/mol. The zero-order valence-corrected chi connectivity index (χ0v) is 21.8. The van der Waals surface area contributed by atoms with Gasteiger partial charge >= 0.3 is 0 Å². The Morgan fingerprint density at radius 3 is 2.39 bits per heavy atom. The van der Waals surface area contributed by atoms with Gasteiger partial charge < -0.3 is 20.1 Å². The van der Waals surface area contributed by atoms with Gasteiger partial charge in [-0.3, -0.25) is 14.4 Å². The molecule has 4 atom stereocenters. The maximum Gasteiger partial charge on any atom is 0.253 e. The normalized spacial score (nSPS) is 22.5. The molecule has 7 nitrogen and oxygen atoms in total. The number of rotatable bonds is 17. The van der Waals surface area contributed by atoms with Crippen LogP contribution in [0.2, 0.25) is 0 Å². The summed E-state index contributed by atoms with van der Waals surface area (Å²) in [5.74, 6) is 0.869. The first-order chi connectivity index (χ1) is 17.5. The number of hydrogen-bond donors (Lipinski definition) is 2. The SMILES string of the molecule is CCCN(CCCC(=O)NC[C@H]1[C@@H](CCCCCCC(=O)CO)[C@H]2CC[C@@H]1O2)C(=O)c1ccccc1. The number of aliphatic hydroxyl groups excluding tert-OH is 1. The number of aliphatic hydroxyl groups is 1. The van der Waals surface area contributed by atoms with Gasteiger partial charge in [0.15, 0.2) is 5.78 Å². The summed E-state index contributed by atoms with van der Waals surface area (Å²) >= 11 is 0. The standard InChI is InChI=1S/C29H44N2O5/c1-2-18-31(29(35)22-11-6-5-7-12-22)19-10-15-28(34)30-20-25-24(26-16-17-27(25)36-26)14-9-4-3-8-13-23(33)21-32/h5-7,11-12,24-27,32H,2-4,8-10,13-21H2,1H3,(H,30,34)/t24-,25+,26-,27+/m1/s1. The Hall–Kier alpha value is -2.25. The highest BCUT2D eigenvalue weighted by Crippen LogP contribution is 2.45. The molecule has 2 N–H and O–H groups in total. The highest BCUT2D eigenvalue weighted by molar-refractivity contribution is 5.94. The van der Waals surface area contributed by atoms with E-state index >= 15 is 0 Å². The lowest BCUT2D eigenvalue weighted by molar-refractivity contribution is -0.122. The molecule has 200 valence electrons. The quantitative estimate of drug-likeness (QED) is 0.314. The van der Waals surface area contributed by atoms with Crippen LogP contribution in [0.1, 0.15) is 87.9 Å². The second-order valence-electron chi connectivity index (χ2n) is 10.3. The van der Waals surface area contributed by atoms with Gasteiger partial charge in [0.2, 0.25) is 5.91 Å². The summed E-state index contributed by atoms with van der Waals surface area (Å²) in [6, 6.07) is 9.33. The number of benzene rings is 1. The Morgan fingerprint density at radius 1 is 0.944 bits per heavy atom. The molecule has 0 unspecified atom stereocenters. The maximum atomic E-state index is 12.8. The number of amides is 2. The Kier molecular flexibility index (Phi) is 11.9. The second kappa shape index (κ2) is 15.1. The van der Waals surface area contributed by atoms with Crippen molar-refractivity contribution in [3.05, 3.63) is 35.9 Å². The van der Waals surface area contributed by atoms with E-state index in [9.17, 15) is 14.4 Å². The van der Waals surface area contributed by atoms with E-state index in [2.05, 4.69) is 12.2 Å². The van der Waals surface area contributed by atoms with E-state index in [1.54, 1.807) is 0 Å². The average Bonchev–Trinajstić information content (AvgIpc) is 3.51. The highest BCUT2D eigenvalue weighted by Gasteiger charge is 2.48. The minimum atomic E-state index is -0.349. The molecule has 2 fully saturated rings. The number of unbranched alkanes of at least 4 members (excludes halogenated alkanes) is 3. The summed E-state index contributed by atoms with van der Waals surface area (Å²) in [5.41, 5.74) is 0.691. The van der Waals surface area contributed by atoms with E-state index in [1.807, 2.05) is 35.2 Å². The van der Waals surface area contributed by atoms with E-state index in [1.165, 1.54) is 0 Å². The van der Waals surface area contributed by atoms with Gasteiger partial charge in [0.05, 0.1) is 12.2 Å². The third-order valence-electron chi connectivity index (χ3n) is 7.68. The van der Waals surface area contributed by atoms with Crippen LogP contribution in [0.3, 0.4) is 0 Å². The van der Waals surface area contributed by atoms with Crippen molar-refractivity contribution in [1.82, 2.24) is 10.2 Å². The van der Waals surface area contributed by atoms with Gasteiger partial charge in [0.25, 0.3) is 5.91 Å². The molecular weight excluding hydrogens is 456 g/mol. The number of nitrogens with one attached hydrogen (secondary N) is 1. The molecule has 7 heteroatoms. The van der Waals surface area contributed by atoms with Gasteiger partial charge in [0, 0.05) is 44.0 Å². The van der Waals surface area contributed by atoms with Crippen molar-refractivity contribution in [3.63, 3.8) is 0 Å². The zero-order valence-electron chi connectivity index (χ0n) is 21.8. The minimum absolute atomic E-state index is 0.0276. The first kappa shape index (κ1) is 28.3. The Bertz CT molecular complexity index is 830. The highest BCUT2D eigenvalue weighted by atomic mass is 16.5. The molecule has 2 amide bonds. The molecule has 2 aliphatic heterocycles. The van der Waals surface area contributed by atoms with Crippen LogP contribution < -0.4 is 5.32 Å². The lowest BCUT2D eigenvalue weighted by Crippen LogP contribution is -2.38. The van der Waals surface area contributed by atoms with Crippen LogP contribution in [0, 0.1) is 11.8 Å². The van der Waals surface area contributed by atoms with Crippen molar-refractivity contribution < 1.29 is 24.2 Å². The van der Waals surface area contributed by atoms with Crippen LogP contribution in [0.4, 0.5) is 0 Å². The molecule has 2 bridgehead atoms. The molecule has 3 rings (SSSR count). The summed E-state index contributed by atoms with van der Waals surface area (Å²) in [4.78, 5) is 38.5. The van der Waals surface area contributed by atoms with Crippen molar-refractivity contribution in [1.29, 1.82) is 0 Å². The van der Waals surface area contributed by atoms with Crippen molar-refractivity contribution in [2.45, 2.75) is 89.8 Å². The van der Waals surface area contributed by atoms with Crippen molar-refractivity contribution in [3.8, 4) is 0 Å². The van der Waals surface area contributed by atoms with E-state index < -0.39 is 0 Å². The van der Waals surface area contributed by atoms with E-state index in [0.717, 1.165) is 51.4 Å². The number of fused-ring (bicyclic) bond motifs is 2. The molecular formula is C29H44N2O5. The molecule has 1 aromatic carbocycles. The first-order valence-corrected chi connectivity index (χ1v) is 13.9. The molecule has 0 saturated carbocycles. The van der Waals surface area contributed by atoms with Crippen LogP contribution in [0.5, 0.6) is 0 Å². The number of nitrogens with zero attached hydrogens (tertiary/aromatic N) is 1. The van der Waals surface area contributed by atoms with E-state index in [-0.39, 0.29) is 30.3 Å². The third kappa shape index (κ3) is 8.41. The van der Waals surface area contributed by atoms with Gasteiger partial charge in [-0.2, -0.15) is 0 Å². The fraction of sp³-hybridized carbons (Fsp3) is 0.690. The van der Waals surface area contributed by atoms with Crippen LogP contribution in [-0.4, -0.2) is 66.1 Å². The molecule has 2 heterocycles. The Morgan fingerprint density at radius 2 is 1.67 bits per heavy atom. The van der Waals surface area contributed by atoms with Gasteiger partial charge in [-0.05, 0) is 56.6 Å². The molecule has 0 radical (unpaired) electrons. The van der Waals surface area contributed by atoms with Gasteiger partial charge in [0.1, 0.15) is 6.61 Å². The topological polar surface area (TPSA) is 95.9 Å². The summed E-state index contributed by atoms with van der Waals surface area (Å²) in [6.07, 6.45) is 10.4. The number of Topliss-reactive ketones (excluding diaryl/α,β-unsaturated/α-hetero) is 1.